The Morgan fingerprint density at radius 2 is 2.17 bits per heavy atom. The van der Waals surface area contributed by atoms with E-state index in [0.717, 1.165) is 42.5 Å². The molecular formula is C17H22N4S2. The van der Waals surface area contributed by atoms with Gasteiger partial charge in [0.1, 0.15) is 0 Å². The maximum atomic E-state index is 4.55. The van der Waals surface area contributed by atoms with Crippen LogP contribution in [0, 0.1) is 6.92 Å². The lowest BCUT2D eigenvalue weighted by Crippen LogP contribution is -2.43. The van der Waals surface area contributed by atoms with E-state index in [1.54, 1.807) is 11.3 Å². The van der Waals surface area contributed by atoms with Crippen LogP contribution in [0.15, 0.2) is 34.7 Å². The molecule has 0 fully saturated rings. The molecule has 2 heterocycles. The summed E-state index contributed by atoms with van der Waals surface area (Å²) < 4.78 is 0. The molecule has 23 heavy (non-hydrogen) atoms. The highest BCUT2D eigenvalue weighted by molar-refractivity contribution is 7.16. The second kappa shape index (κ2) is 7.75. The van der Waals surface area contributed by atoms with Gasteiger partial charge in [-0.2, -0.15) is 0 Å². The average molecular weight is 347 g/mol. The zero-order chi connectivity index (χ0) is 16.1. The molecule has 0 bridgehead atoms. The van der Waals surface area contributed by atoms with Crippen molar-refractivity contribution in [3.8, 4) is 10.6 Å². The highest BCUT2D eigenvalue weighted by Crippen LogP contribution is 2.29. The second-order valence-corrected chi connectivity index (χ2v) is 7.78. The van der Waals surface area contributed by atoms with Crippen molar-refractivity contribution >= 4 is 28.6 Å². The Morgan fingerprint density at radius 1 is 1.35 bits per heavy atom. The topological polar surface area (TPSA) is 49.3 Å². The predicted octanol–water partition coefficient (Wildman–Crippen LogP) is 3.61. The predicted molar refractivity (Wildman–Crippen MR) is 101 cm³/mol. The van der Waals surface area contributed by atoms with E-state index in [4.69, 9.17) is 0 Å². The van der Waals surface area contributed by atoms with Gasteiger partial charge in [0.15, 0.2) is 5.96 Å². The molecule has 122 valence electrons. The Bertz CT molecular complexity index is 691. The Balaban J connectivity index is 1.47. The summed E-state index contributed by atoms with van der Waals surface area (Å²) in [6.45, 7) is 2.93. The van der Waals surface area contributed by atoms with E-state index in [2.05, 4.69) is 50.3 Å². The molecule has 2 aromatic rings. The van der Waals surface area contributed by atoms with Crippen molar-refractivity contribution in [3.05, 3.63) is 39.5 Å². The molecular weight excluding hydrogens is 324 g/mol. The molecule has 0 aromatic carbocycles. The number of thiazole rings is 1. The molecule has 3 rings (SSSR count). The van der Waals surface area contributed by atoms with Gasteiger partial charge in [-0.15, -0.1) is 22.7 Å². The minimum absolute atomic E-state index is 0.488. The zero-order valence-corrected chi connectivity index (χ0v) is 15.1. The number of nitrogens with zero attached hydrogens (tertiary/aromatic N) is 2. The first-order valence-electron chi connectivity index (χ1n) is 7.88. The van der Waals surface area contributed by atoms with Crippen LogP contribution in [-0.2, 0) is 6.42 Å². The average Bonchev–Trinajstić information content (AvgIpc) is 3.27. The van der Waals surface area contributed by atoms with Crippen molar-refractivity contribution in [2.24, 2.45) is 4.99 Å². The number of aromatic nitrogens is 1. The molecule has 0 unspecified atom stereocenters. The summed E-state index contributed by atoms with van der Waals surface area (Å²) in [5.74, 6) is 0.894. The fourth-order valence-corrected chi connectivity index (χ4v) is 4.21. The first kappa shape index (κ1) is 16.2. The molecule has 0 radical (unpaired) electrons. The Morgan fingerprint density at radius 3 is 2.87 bits per heavy atom. The van der Waals surface area contributed by atoms with Gasteiger partial charge in [0.25, 0.3) is 0 Å². The van der Waals surface area contributed by atoms with E-state index >= 15 is 0 Å². The van der Waals surface area contributed by atoms with Gasteiger partial charge in [-0.25, -0.2) is 4.98 Å². The van der Waals surface area contributed by atoms with Crippen molar-refractivity contribution < 1.29 is 0 Å². The van der Waals surface area contributed by atoms with Crippen LogP contribution < -0.4 is 10.6 Å². The molecule has 2 aromatic heterocycles. The lowest BCUT2D eigenvalue weighted by atomic mass is 10.2. The van der Waals surface area contributed by atoms with Crippen LogP contribution in [0.25, 0.3) is 10.6 Å². The maximum absolute atomic E-state index is 4.55. The van der Waals surface area contributed by atoms with Crippen LogP contribution in [-0.4, -0.2) is 30.6 Å². The van der Waals surface area contributed by atoms with Gasteiger partial charge in [0, 0.05) is 29.9 Å². The molecule has 0 saturated heterocycles. The minimum Gasteiger partial charge on any atom is -0.356 e. The quantitative estimate of drug-likeness (QED) is 0.494. The normalized spacial score (nSPS) is 15.3. The highest BCUT2D eigenvalue weighted by atomic mass is 32.1. The third-order valence-corrected chi connectivity index (χ3v) is 5.71. The summed E-state index contributed by atoms with van der Waals surface area (Å²) in [6, 6.07) is 4.86. The summed E-state index contributed by atoms with van der Waals surface area (Å²) in [4.78, 5) is 11.5. The first-order chi connectivity index (χ1) is 11.2. The fraction of sp³-hybridized carbons (Fsp3) is 0.412. The maximum Gasteiger partial charge on any atom is 0.191 e. The molecule has 1 aliphatic carbocycles. The summed E-state index contributed by atoms with van der Waals surface area (Å²) in [5.41, 5.74) is 1.10. The van der Waals surface area contributed by atoms with Crippen LogP contribution in [0.4, 0.5) is 0 Å². The van der Waals surface area contributed by atoms with Gasteiger partial charge < -0.3 is 10.6 Å². The fourth-order valence-electron chi connectivity index (χ4n) is 2.55. The summed E-state index contributed by atoms with van der Waals surface area (Å²) in [6.07, 6.45) is 7.61. The summed E-state index contributed by atoms with van der Waals surface area (Å²) >= 11 is 3.53. The molecule has 0 saturated carbocycles. The number of rotatable bonds is 5. The number of aryl methyl sites for hydroxylation is 1. The van der Waals surface area contributed by atoms with Crippen LogP contribution in [0.5, 0.6) is 0 Å². The van der Waals surface area contributed by atoms with E-state index in [9.17, 15) is 0 Å². The zero-order valence-electron chi connectivity index (χ0n) is 13.5. The third-order valence-electron chi connectivity index (χ3n) is 3.77. The van der Waals surface area contributed by atoms with Gasteiger partial charge in [-0.3, -0.25) is 4.99 Å². The van der Waals surface area contributed by atoms with Crippen molar-refractivity contribution in [1.29, 1.82) is 0 Å². The van der Waals surface area contributed by atoms with Crippen LogP contribution in [0.1, 0.15) is 22.7 Å². The van der Waals surface area contributed by atoms with E-state index in [1.165, 1.54) is 9.75 Å². The van der Waals surface area contributed by atoms with Gasteiger partial charge in [0.2, 0.25) is 0 Å². The van der Waals surface area contributed by atoms with Crippen molar-refractivity contribution in [2.75, 3.05) is 13.6 Å². The number of guanidine groups is 1. The molecule has 0 aliphatic heterocycles. The Labute approximate surface area is 145 Å². The molecule has 1 aliphatic rings. The SMILES string of the molecule is CN=C(NCCc1ccc(-c2csc(C)n2)s1)NC1CC=CC1. The van der Waals surface area contributed by atoms with Crippen LogP contribution >= 0.6 is 22.7 Å². The number of hydrogen-bond donors (Lipinski definition) is 2. The molecule has 0 spiro atoms. The summed E-state index contributed by atoms with van der Waals surface area (Å²) in [7, 11) is 1.82. The number of thiophene rings is 1. The minimum atomic E-state index is 0.488. The molecule has 6 heteroatoms. The monoisotopic (exact) mass is 346 g/mol. The molecule has 2 N–H and O–H groups in total. The van der Waals surface area contributed by atoms with E-state index in [-0.39, 0.29) is 0 Å². The van der Waals surface area contributed by atoms with E-state index in [1.807, 2.05) is 25.3 Å². The Hall–Kier alpha value is -1.66. The molecule has 0 amide bonds. The molecule has 0 atom stereocenters. The lowest BCUT2D eigenvalue weighted by Gasteiger charge is -2.16. The van der Waals surface area contributed by atoms with Gasteiger partial charge in [0.05, 0.1) is 15.6 Å². The number of aliphatic imine (C=N–C) groups is 1. The van der Waals surface area contributed by atoms with Gasteiger partial charge in [-0.05, 0) is 38.3 Å². The largest absolute Gasteiger partial charge is 0.356 e. The van der Waals surface area contributed by atoms with Crippen molar-refractivity contribution in [3.63, 3.8) is 0 Å². The number of nitrogens with one attached hydrogen (secondary N) is 2. The standard InChI is InChI=1S/C17H22N4S2/c1-12-20-15(11-22-12)16-8-7-14(23-16)9-10-19-17(18-2)21-13-5-3-4-6-13/h3-4,7-8,11,13H,5-6,9-10H2,1-2H3,(H2,18,19,21). The van der Waals surface area contributed by atoms with Gasteiger partial charge >= 0.3 is 0 Å². The van der Waals surface area contributed by atoms with Gasteiger partial charge in [-0.1, -0.05) is 12.2 Å². The van der Waals surface area contributed by atoms with Crippen molar-refractivity contribution in [2.45, 2.75) is 32.2 Å². The molecule has 4 nitrogen and oxygen atoms in total. The lowest BCUT2D eigenvalue weighted by molar-refractivity contribution is 0.633. The summed E-state index contributed by atoms with van der Waals surface area (Å²) in [5, 5.41) is 10.1. The third kappa shape index (κ3) is 4.42. The van der Waals surface area contributed by atoms with Crippen LogP contribution in [0.2, 0.25) is 0 Å². The number of hydrogen-bond acceptors (Lipinski definition) is 4. The highest BCUT2D eigenvalue weighted by Gasteiger charge is 2.11. The second-order valence-electron chi connectivity index (χ2n) is 5.55. The smallest absolute Gasteiger partial charge is 0.191 e. The van der Waals surface area contributed by atoms with E-state index in [0.29, 0.717) is 6.04 Å². The Kier molecular flexibility index (Phi) is 5.46. The van der Waals surface area contributed by atoms with Crippen LogP contribution in [0.3, 0.4) is 0 Å². The van der Waals surface area contributed by atoms with E-state index < -0.39 is 0 Å². The van der Waals surface area contributed by atoms with Crippen molar-refractivity contribution in [1.82, 2.24) is 15.6 Å². The first-order valence-corrected chi connectivity index (χ1v) is 9.57.